The van der Waals surface area contributed by atoms with E-state index < -0.39 is 6.04 Å². The third-order valence-corrected chi connectivity index (χ3v) is 3.21. The molecule has 6 heteroatoms. The van der Waals surface area contributed by atoms with Crippen molar-refractivity contribution < 1.29 is 13.9 Å². The molecule has 0 bridgehead atoms. The highest BCUT2D eigenvalue weighted by Gasteiger charge is 2.14. The lowest BCUT2D eigenvalue weighted by Crippen LogP contribution is -2.26. The van der Waals surface area contributed by atoms with Gasteiger partial charge in [0.15, 0.2) is 5.13 Å². The molecular formula is C11H11FN2O2S. The molecule has 17 heavy (non-hydrogen) atoms. The van der Waals surface area contributed by atoms with E-state index in [1.165, 1.54) is 30.6 Å². The first kappa shape index (κ1) is 11.8. The van der Waals surface area contributed by atoms with Gasteiger partial charge in [-0.15, -0.1) is 0 Å². The molecule has 0 fully saturated rings. The molecule has 1 unspecified atom stereocenters. The van der Waals surface area contributed by atoms with Gasteiger partial charge in [0.25, 0.3) is 0 Å². The minimum Gasteiger partial charge on any atom is -0.467 e. The maximum absolute atomic E-state index is 13.0. The van der Waals surface area contributed by atoms with E-state index in [4.69, 9.17) is 0 Å². The van der Waals surface area contributed by atoms with Gasteiger partial charge in [-0.05, 0) is 19.1 Å². The molecule has 90 valence electrons. The predicted molar refractivity (Wildman–Crippen MR) is 64.7 cm³/mol. The fraction of sp³-hybridized carbons (Fsp3) is 0.273. The van der Waals surface area contributed by atoms with Gasteiger partial charge in [0, 0.05) is 6.07 Å². The number of hydrogen-bond acceptors (Lipinski definition) is 5. The van der Waals surface area contributed by atoms with Crippen LogP contribution in [0.2, 0.25) is 0 Å². The van der Waals surface area contributed by atoms with Crippen molar-refractivity contribution in [3.63, 3.8) is 0 Å². The lowest BCUT2D eigenvalue weighted by Gasteiger charge is -2.09. The van der Waals surface area contributed by atoms with E-state index in [9.17, 15) is 9.18 Å². The zero-order chi connectivity index (χ0) is 12.4. The molecule has 2 rings (SSSR count). The third kappa shape index (κ3) is 2.52. The number of esters is 1. The van der Waals surface area contributed by atoms with Gasteiger partial charge in [0.2, 0.25) is 0 Å². The van der Waals surface area contributed by atoms with Crippen molar-refractivity contribution in [2.75, 3.05) is 12.4 Å². The molecule has 0 spiro atoms. The molecule has 0 aliphatic rings. The average Bonchev–Trinajstić information content (AvgIpc) is 2.69. The van der Waals surface area contributed by atoms with Gasteiger partial charge in [-0.3, -0.25) is 0 Å². The zero-order valence-electron chi connectivity index (χ0n) is 9.36. The van der Waals surface area contributed by atoms with Crippen molar-refractivity contribution in [1.29, 1.82) is 0 Å². The monoisotopic (exact) mass is 254 g/mol. The van der Waals surface area contributed by atoms with Gasteiger partial charge < -0.3 is 10.1 Å². The zero-order valence-corrected chi connectivity index (χ0v) is 10.2. The van der Waals surface area contributed by atoms with Crippen LogP contribution in [0.15, 0.2) is 18.2 Å². The van der Waals surface area contributed by atoms with Crippen LogP contribution in [0.4, 0.5) is 9.52 Å². The number of ether oxygens (including phenoxy) is 1. The van der Waals surface area contributed by atoms with Crippen LogP contribution in [-0.4, -0.2) is 24.1 Å². The van der Waals surface area contributed by atoms with Gasteiger partial charge in [0.05, 0.1) is 17.3 Å². The molecule has 4 nitrogen and oxygen atoms in total. The number of anilines is 1. The molecule has 2 aromatic rings. The second-order valence-electron chi connectivity index (χ2n) is 3.52. The normalized spacial score (nSPS) is 12.4. The molecule has 0 aliphatic carbocycles. The molecule has 1 heterocycles. The first-order valence-electron chi connectivity index (χ1n) is 5.00. The summed E-state index contributed by atoms with van der Waals surface area (Å²) in [6.45, 7) is 1.68. The Hall–Kier alpha value is -1.69. The van der Waals surface area contributed by atoms with Crippen molar-refractivity contribution in [3.05, 3.63) is 24.0 Å². The summed E-state index contributed by atoms with van der Waals surface area (Å²) in [5, 5.41) is 3.48. The van der Waals surface area contributed by atoms with E-state index in [2.05, 4.69) is 15.0 Å². The third-order valence-electron chi connectivity index (χ3n) is 2.24. The van der Waals surface area contributed by atoms with Crippen molar-refractivity contribution >= 4 is 32.7 Å². The Labute approximate surface area is 101 Å². The Morgan fingerprint density at radius 1 is 1.59 bits per heavy atom. The number of hydrogen-bond donors (Lipinski definition) is 1. The van der Waals surface area contributed by atoms with Gasteiger partial charge in [-0.25, -0.2) is 14.2 Å². The quantitative estimate of drug-likeness (QED) is 0.855. The van der Waals surface area contributed by atoms with Gasteiger partial charge in [0.1, 0.15) is 11.9 Å². The predicted octanol–water partition coefficient (Wildman–Crippen LogP) is 2.41. The van der Waals surface area contributed by atoms with Crippen LogP contribution in [-0.2, 0) is 9.53 Å². The molecule has 0 radical (unpaired) electrons. The Bertz CT molecular complexity index is 555. The fourth-order valence-electron chi connectivity index (χ4n) is 1.38. The van der Waals surface area contributed by atoms with Gasteiger partial charge in [-0.2, -0.15) is 0 Å². The van der Waals surface area contributed by atoms with Gasteiger partial charge in [-0.1, -0.05) is 11.3 Å². The van der Waals surface area contributed by atoms with Crippen LogP contribution in [0.3, 0.4) is 0 Å². The topological polar surface area (TPSA) is 51.2 Å². The summed E-state index contributed by atoms with van der Waals surface area (Å²) in [7, 11) is 1.33. The molecular weight excluding hydrogens is 243 g/mol. The average molecular weight is 254 g/mol. The highest BCUT2D eigenvalue weighted by Crippen LogP contribution is 2.26. The lowest BCUT2D eigenvalue weighted by atomic mass is 10.3. The molecule has 0 saturated heterocycles. The molecule has 1 aromatic heterocycles. The number of thiazole rings is 1. The number of fused-ring (bicyclic) bond motifs is 1. The molecule has 1 aromatic carbocycles. The Kier molecular flexibility index (Phi) is 3.23. The highest BCUT2D eigenvalue weighted by molar-refractivity contribution is 7.22. The molecule has 1 atom stereocenters. The minimum atomic E-state index is -0.481. The van der Waals surface area contributed by atoms with Crippen LogP contribution in [0.25, 0.3) is 10.2 Å². The van der Waals surface area contributed by atoms with E-state index in [1.54, 1.807) is 13.0 Å². The summed E-state index contributed by atoms with van der Waals surface area (Å²) in [6.07, 6.45) is 0. The van der Waals surface area contributed by atoms with Crippen LogP contribution < -0.4 is 5.32 Å². The highest BCUT2D eigenvalue weighted by atomic mass is 32.1. The summed E-state index contributed by atoms with van der Waals surface area (Å²) in [6, 6.07) is 3.93. The Morgan fingerprint density at radius 2 is 2.35 bits per heavy atom. The molecule has 0 aliphatic heterocycles. The van der Waals surface area contributed by atoms with Crippen LogP contribution in [0.1, 0.15) is 6.92 Å². The van der Waals surface area contributed by atoms with Crippen molar-refractivity contribution in [1.82, 2.24) is 4.98 Å². The Morgan fingerprint density at radius 3 is 3.06 bits per heavy atom. The lowest BCUT2D eigenvalue weighted by molar-refractivity contribution is -0.141. The summed E-state index contributed by atoms with van der Waals surface area (Å²) in [4.78, 5) is 15.4. The standard InChI is InChI=1S/C11H11FN2O2S/c1-6(10(15)16-2)13-11-14-8-5-7(12)3-4-9(8)17-11/h3-6H,1-2H3,(H,13,14). The summed E-state index contributed by atoms with van der Waals surface area (Å²) in [5.74, 6) is -0.689. The van der Waals surface area contributed by atoms with Crippen molar-refractivity contribution in [3.8, 4) is 0 Å². The number of benzene rings is 1. The number of halogens is 1. The number of carbonyl (C=O) groups excluding carboxylic acids is 1. The smallest absolute Gasteiger partial charge is 0.328 e. The number of rotatable bonds is 3. The minimum absolute atomic E-state index is 0.324. The fourth-order valence-corrected chi connectivity index (χ4v) is 2.32. The number of aromatic nitrogens is 1. The SMILES string of the molecule is COC(=O)C(C)Nc1nc2cc(F)ccc2s1. The van der Waals surface area contributed by atoms with E-state index in [1.807, 2.05) is 0 Å². The molecule has 1 N–H and O–H groups in total. The van der Waals surface area contributed by atoms with E-state index in [0.717, 1.165) is 4.70 Å². The number of methoxy groups -OCH3 is 1. The van der Waals surface area contributed by atoms with E-state index >= 15 is 0 Å². The van der Waals surface area contributed by atoms with Crippen molar-refractivity contribution in [2.24, 2.45) is 0 Å². The van der Waals surface area contributed by atoms with E-state index in [-0.39, 0.29) is 11.8 Å². The number of nitrogens with zero attached hydrogens (tertiary/aromatic N) is 1. The largest absolute Gasteiger partial charge is 0.467 e. The number of carbonyl (C=O) groups is 1. The number of nitrogens with one attached hydrogen (secondary N) is 1. The maximum Gasteiger partial charge on any atom is 0.328 e. The van der Waals surface area contributed by atoms with E-state index in [0.29, 0.717) is 10.6 Å². The summed E-state index contributed by atoms with van der Waals surface area (Å²) >= 11 is 1.37. The first-order valence-corrected chi connectivity index (χ1v) is 5.82. The second kappa shape index (κ2) is 4.67. The van der Waals surface area contributed by atoms with Crippen LogP contribution >= 0.6 is 11.3 Å². The van der Waals surface area contributed by atoms with Crippen molar-refractivity contribution in [2.45, 2.75) is 13.0 Å². The first-order chi connectivity index (χ1) is 8.10. The molecule has 0 amide bonds. The Balaban J connectivity index is 2.22. The second-order valence-corrected chi connectivity index (χ2v) is 4.55. The van der Waals surface area contributed by atoms with Crippen LogP contribution in [0, 0.1) is 5.82 Å². The van der Waals surface area contributed by atoms with Gasteiger partial charge >= 0.3 is 5.97 Å². The van der Waals surface area contributed by atoms with Crippen LogP contribution in [0.5, 0.6) is 0 Å². The maximum atomic E-state index is 13.0. The summed E-state index contributed by atoms with van der Waals surface area (Å²) in [5.41, 5.74) is 0.578. The molecule has 0 saturated carbocycles. The summed E-state index contributed by atoms with van der Waals surface area (Å²) < 4.78 is 18.4.